The highest BCUT2D eigenvalue weighted by Gasteiger charge is 2.34. The van der Waals surface area contributed by atoms with E-state index in [2.05, 4.69) is 5.32 Å². The molecule has 3 aromatic rings. The summed E-state index contributed by atoms with van der Waals surface area (Å²) in [4.78, 5) is 25.8. The van der Waals surface area contributed by atoms with Crippen LogP contribution in [0, 0.1) is 12.7 Å². The van der Waals surface area contributed by atoms with Crippen molar-refractivity contribution in [2.45, 2.75) is 19.3 Å². The number of aryl methyl sites for hydroxylation is 1. The van der Waals surface area contributed by atoms with Gasteiger partial charge in [0.1, 0.15) is 17.3 Å². The molecule has 0 aliphatic carbocycles. The Balaban J connectivity index is 1.84. The lowest BCUT2D eigenvalue weighted by Crippen LogP contribution is -2.21. The van der Waals surface area contributed by atoms with Crippen LogP contribution in [0.1, 0.15) is 29.2 Å². The number of carbonyl (C=O) groups is 1. The van der Waals surface area contributed by atoms with Gasteiger partial charge in [0.15, 0.2) is 11.5 Å². The number of nitrogens with one attached hydrogen (secondary N) is 1. The van der Waals surface area contributed by atoms with Gasteiger partial charge in [-0.1, -0.05) is 6.07 Å². The molecule has 0 saturated carbocycles. The van der Waals surface area contributed by atoms with Crippen LogP contribution in [0.5, 0.6) is 28.7 Å². The van der Waals surface area contributed by atoms with Gasteiger partial charge >= 0.3 is 5.63 Å². The Morgan fingerprint density at radius 2 is 1.94 bits per heavy atom. The van der Waals surface area contributed by atoms with Gasteiger partial charge in [0.2, 0.25) is 24.2 Å². The fourth-order valence-corrected chi connectivity index (χ4v) is 3.91. The van der Waals surface area contributed by atoms with Crippen LogP contribution in [-0.2, 0) is 4.79 Å². The quantitative estimate of drug-likeness (QED) is 0.536. The largest absolute Gasteiger partial charge is 0.507 e. The molecule has 0 radical (unpaired) electrons. The summed E-state index contributed by atoms with van der Waals surface area (Å²) in [6, 6.07) is 8.22. The summed E-state index contributed by atoms with van der Waals surface area (Å²) >= 11 is 0. The van der Waals surface area contributed by atoms with Gasteiger partial charge in [0.05, 0.1) is 19.8 Å². The van der Waals surface area contributed by atoms with Crippen LogP contribution in [0.25, 0.3) is 0 Å². The third kappa shape index (κ3) is 4.34. The molecular weight excluding hydrogens is 449 g/mol. The summed E-state index contributed by atoms with van der Waals surface area (Å²) < 4.78 is 40.8. The maximum atomic E-state index is 13.6. The van der Waals surface area contributed by atoms with Gasteiger partial charge < -0.3 is 33.8 Å². The highest BCUT2D eigenvalue weighted by molar-refractivity contribution is 5.91. The molecule has 0 unspecified atom stereocenters. The van der Waals surface area contributed by atoms with Gasteiger partial charge in [-0.05, 0) is 31.2 Å². The molecule has 9 nitrogen and oxygen atoms in total. The van der Waals surface area contributed by atoms with Gasteiger partial charge in [-0.2, -0.15) is 0 Å². The zero-order valence-corrected chi connectivity index (χ0v) is 18.6. The minimum Gasteiger partial charge on any atom is -0.507 e. The van der Waals surface area contributed by atoms with E-state index in [9.17, 15) is 19.1 Å². The second-order valence-corrected chi connectivity index (χ2v) is 7.52. The van der Waals surface area contributed by atoms with E-state index >= 15 is 0 Å². The summed E-state index contributed by atoms with van der Waals surface area (Å²) in [6.07, 6.45) is -0.322. The van der Waals surface area contributed by atoms with Crippen molar-refractivity contribution < 1.29 is 37.7 Å². The number of anilines is 1. The Kier molecular flexibility index (Phi) is 6.31. The van der Waals surface area contributed by atoms with E-state index in [0.717, 1.165) is 6.07 Å². The van der Waals surface area contributed by atoms with Gasteiger partial charge in [0, 0.05) is 29.7 Å². The predicted octanol–water partition coefficient (Wildman–Crippen LogP) is 3.70. The Hall–Kier alpha value is -4.21. The number of aromatic hydroxyl groups is 1. The molecule has 34 heavy (non-hydrogen) atoms. The van der Waals surface area contributed by atoms with E-state index in [4.69, 9.17) is 23.4 Å². The molecule has 2 heterocycles. The molecule has 0 bridgehead atoms. The number of methoxy groups -OCH3 is 2. The number of amides is 1. The minimum atomic E-state index is -1.04. The summed E-state index contributed by atoms with van der Waals surface area (Å²) in [6.45, 7) is 1.44. The molecule has 1 aliphatic heterocycles. The van der Waals surface area contributed by atoms with Crippen LogP contribution < -0.4 is 29.9 Å². The summed E-state index contributed by atoms with van der Waals surface area (Å²) in [5.74, 6) is -1.22. The van der Waals surface area contributed by atoms with E-state index in [1.54, 1.807) is 6.07 Å². The molecule has 0 fully saturated rings. The van der Waals surface area contributed by atoms with Crippen molar-refractivity contribution in [3.05, 3.63) is 69.5 Å². The molecule has 178 valence electrons. The lowest BCUT2D eigenvalue weighted by atomic mass is 9.87. The van der Waals surface area contributed by atoms with Gasteiger partial charge in [-0.25, -0.2) is 9.18 Å². The zero-order chi connectivity index (χ0) is 24.4. The van der Waals surface area contributed by atoms with E-state index in [-0.39, 0.29) is 53.2 Å². The zero-order valence-electron chi connectivity index (χ0n) is 18.6. The average Bonchev–Trinajstić information content (AvgIpc) is 3.26. The van der Waals surface area contributed by atoms with Crippen LogP contribution >= 0.6 is 0 Å². The van der Waals surface area contributed by atoms with Crippen molar-refractivity contribution >= 4 is 11.6 Å². The van der Waals surface area contributed by atoms with Crippen LogP contribution in [-0.4, -0.2) is 32.0 Å². The maximum Gasteiger partial charge on any atom is 0.343 e. The van der Waals surface area contributed by atoms with E-state index in [1.165, 1.54) is 45.4 Å². The monoisotopic (exact) mass is 471 g/mol. The van der Waals surface area contributed by atoms with Crippen LogP contribution in [0.2, 0.25) is 0 Å². The standard InChI is InChI=1S/C24H22FNO8/c1-12-7-17(27)20(24(29)34-12)15(10-19(28)26-14-6-4-5-13(25)8-14)16-9-18(30-2)22-23(21(16)31-3)33-11-32-22/h4-9,15,27H,10-11H2,1-3H3,(H,26,28)/t15-/m1/s1. The Bertz CT molecular complexity index is 1300. The highest BCUT2D eigenvalue weighted by Crippen LogP contribution is 2.52. The third-order valence-corrected chi connectivity index (χ3v) is 5.33. The lowest BCUT2D eigenvalue weighted by molar-refractivity contribution is -0.116. The van der Waals surface area contributed by atoms with Crippen molar-refractivity contribution in [3.63, 3.8) is 0 Å². The number of ether oxygens (including phenoxy) is 4. The third-order valence-electron chi connectivity index (χ3n) is 5.33. The number of halogens is 1. The van der Waals surface area contributed by atoms with E-state index in [1.807, 2.05) is 0 Å². The van der Waals surface area contributed by atoms with Crippen LogP contribution in [0.4, 0.5) is 10.1 Å². The molecule has 1 atom stereocenters. The van der Waals surface area contributed by atoms with Crippen molar-refractivity contribution in [3.8, 4) is 28.7 Å². The first-order valence-corrected chi connectivity index (χ1v) is 10.3. The van der Waals surface area contributed by atoms with Crippen LogP contribution in [0.3, 0.4) is 0 Å². The minimum absolute atomic E-state index is 0.0752. The Morgan fingerprint density at radius 3 is 2.62 bits per heavy atom. The first-order chi connectivity index (χ1) is 16.3. The number of fused-ring (bicyclic) bond motifs is 1. The fraction of sp³-hybridized carbons (Fsp3) is 0.250. The van der Waals surface area contributed by atoms with Crippen molar-refractivity contribution in [2.75, 3.05) is 26.3 Å². The van der Waals surface area contributed by atoms with Gasteiger partial charge in [-0.15, -0.1) is 0 Å². The van der Waals surface area contributed by atoms with Crippen LogP contribution in [0.15, 0.2) is 45.6 Å². The molecule has 2 aromatic carbocycles. The van der Waals surface area contributed by atoms with E-state index < -0.39 is 23.3 Å². The molecule has 1 aromatic heterocycles. The predicted molar refractivity (Wildman–Crippen MR) is 119 cm³/mol. The lowest BCUT2D eigenvalue weighted by Gasteiger charge is -2.22. The number of hydrogen-bond acceptors (Lipinski definition) is 8. The molecule has 4 rings (SSSR count). The SMILES string of the molecule is COc1cc([C@@H](CC(=O)Nc2cccc(F)c2)c2c(O)cc(C)oc2=O)c(OC)c2c1OCO2. The van der Waals surface area contributed by atoms with Crippen molar-refractivity contribution in [1.82, 2.24) is 0 Å². The second kappa shape index (κ2) is 9.34. The number of rotatable bonds is 7. The summed E-state index contributed by atoms with van der Waals surface area (Å²) in [5.41, 5.74) is -0.414. The average molecular weight is 471 g/mol. The second-order valence-electron chi connectivity index (χ2n) is 7.52. The van der Waals surface area contributed by atoms with Gasteiger partial charge in [0.25, 0.3) is 0 Å². The molecule has 0 spiro atoms. The smallest absolute Gasteiger partial charge is 0.343 e. The summed E-state index contributed by atoms with van der Waals surface area (Å²) in [7, 11) is 2.82. The molecule has 1 aliphatic rings. The highest BCUT2D eigenvalue weighted by atomic mass is 19.1. The molecule has 0 saturated heterocycles. The van der Waals surface area contributed by atoms with Crippen molar-refractivity contribution in [2.24, 2.45) is 0 Å². The number of carbonyl (C=O) groups excluding carboxylic acids is 1. The molecule has 1 amide bonds. The first-order valence-electron chi connectivity index (χ1n) is 10.3. The topological polar surface area (TPSA) is 116 Å². The maximum absolute atomic E-state index is 13.6. The number of benzene rings is 2. The van der Waals surface area contributed by atoms with Crippen molar-refractivity contribution in [1.29, 1.82) is 0 Å². The summed E-state index contributed by atoms with van der Waals surface area (Å²) in [5, 5.41) is 13.3. The Labute approximate surface area is 193 Å². The number of hydrogen-bond donors (Lipinski definition) is 2. The molecular formula is C24H22FNO8. The normalized spacial score (nSPS) is 12.8. The first kappa shape index (κ1) is 23.0. The molecule has 10 heteroatoms. The molecule has 2 N–H and O–H groups in total. The Morgan fingerprint density at radius 1 is 1.18 bits per heavy atom. The van der Waals surface area contributed by atoms with E-state index in [0.29, 0.717) is 11.3 Å². The fourth-order valence-electron chi connectivity index (χ4n) is 3.91. The van der Waals surface area contributed by atoms with Gasteiger partial charge in [-0.3, -0.25) is 4.79 Å².